The smallest absolute Gasteiger partial charge is 0.243 e. The third-order valence-electron chi connectivity index (χ3n) is 3.38. The second-order valence-corrected chi connectivity index (χ2v) is 7.92. The number of likely N-dealkylation sites (N-methyl/N-ethyl adjacent to an activating group) is 1. The molecule has 1 N–H and O–H groups in total. The number of carbonyl (C=O) groups is 2. The summed E-state index contributed by atoms with van der Waals surface area (Å²) in [5, 5.41) is 2.70. The number of carbonyl (C=O) groups excluding carboxylic acids is 2. The monoisotopic (exact) mass is 340 g/mol. The molecule has 0 radical (unpaired) electrons. The van der Waals surface area contributed by atoms with Crippen LogP contribution in [0.5, 0.6) is 0 Å². The van der Waals surface area contributed by atoms with Crippen molar-refractivity contribution in [2.45, 2.75) is 32.1 Å². The van der Waals surface area contributed by atoms with Gasteiger partial charge in [-0.3, -0.25) is 9.59 Å². The number of Topliss-reactive ketones (excluding diaryl/α,β-unsaturated/α-hetero) is 1. The van der Waals surface area contributed by atoms with Gasteiger partial charge < -0.3 is 5.32 Å². The van der Waals surface area contributed by atoms with Gasteiger partial charge in [-0.1, -0.05) is 26.0 Å². The average Bonchev–Trinajstić information content (AvgIpc) is 2.46. The van der Waals surface area contributed by atoms with E-state index in [4.69, 9.17) is 0 Å². The fourth-order valence-corrected chi connectivity index (χ4v) is 3.01. The normalized spacial score (nSPS) is 11.7. The molecule has 0 heterocycles. The molecule has 0 spiro atoms. The molecule has 23 heavy (non-hydrogen) atoms. The van der Waals surface area contributed by atoms with E-state index in [2.05, 4.69) is 5.32 Å². The van der Waals surface area contributed by atoms with Crippen LogP contribution in [0.4, 0.5) is 0 Å². The number of sulfonamides is 1. The van der Waals surface area contributed by atoms with Crippen molar-refractivity contribution >= 4 is 21.7 Å². The molecule has 0 bridgehead atoms. The van der Waals surface area contributed by atoms with Gasteiger partial charge in [-0.05, 0) is 31.4 Å². The van der Waals surface area contributed by atoms with Crippen LogP contribution in [0, 0.1) is 5.92 Å². The van der Waals surface area contributed by atoms with Crippen molar-refractivity contribution in [3.8, 4) is 0 Å². The zero-order chi connectivity index (χ0) is 17.6. The summed E-state index contributed by atoms with van der Waals surface area (Å²) in [6, 6.07) is 5.68. The van der Waals surface area contributed by atoms with Gasteiger partial charge in [0.25, 0.3) is 0 Å². The first-order valence-electron chi connectivity index (χ1n) is 7.48. The zero-order valence-electron chi connectivity index (χ0n) is 14.0. The number of benzene rings is 1. The van der Waals surface area contributed by atoms with Crippen LogP contribution < -0.4 is 5.32 Å². The Morgan fingerprint density at radius 3 is 2.22 bits per heavy atom. The van der Waals surface area contributed by atoms with E-state index < -0.39 is 10.0 Å². The summed E-state index contributed by atoms with van der Waals surface area (Å²) in [5.74, 6) is 0.000432. The van der Waals surface area contributed by atoms with Crippen molar-refractivity contribution in [1.82, 2.24) is 9.62 Å². The third kappa shape index (κ3) is 5.76. The Morgan fingerprint density at radius 1 is 1.17 bits per heavy atom. The quantitative estimate of drug-likeness (QED) is 0.730. The van der Waals surface area contributed by atoms with Crippen molar-refractivity contribution in [1.29, 1.82) is 0 Å². The molecule has 1 aromatic rings. The van der Waals surface area contributed by atoms with E-state index in [0.717, 1.165) is 10.7 Å². The van der Waals surface area contributed by atoms with Crippen LogP contribution in [0.1, 0.15) is 37.6 Å². The molecular formula is C16H24N2O4S. The first-order chi connectivity index (χ1) is 10.6. The minimum absolute atomic E-state index is 0.0555. The van der Waals surface area contributed by atoms with Crippen molar-refractivity contribution in [2.75, 3.05) is 20.1 Å². The molecule has 0 unspecified atom stereocenters. The van der Waals surface area contributed by atoms with E-state index in [1.807, 2.05) is 13.8 Å². The fourth-order valence-electron chi connectivity index (χ4n) is 1.88. The van der Waals surface area contributed by atoms with Crippen LogP contribution in [0.25, 0.3) is 0 Å². The summed E-state index contributed by atoms with van der Waals surface area (Å²) in [7, 11) is -2.40. The van der Waals surface area contributed by atoms with Crippen molar-refractivity contribution < 1.29 is 18.0 Å². The lowest BCUT2D eigenvalue weighted by Crippen LogP contribution is -2.38. The maximum atomic E-state index is 12.4. The van der Waals surface area contributed by atoms with E-state index in [9.17, 15) is 18.0 Å². The van der Waals surface area contributed by atoms with Gasteiger partial charge in [-0.25, -0.2) is 8.42 Å². The van der Waals surface area contributed by atoms with Gasteiger partial charge in [0.2, 0.25) is 15.9 Å². The minimum Gasteiger partial charge on any atom is -0.355 e. The van der Waals surface area contributed by atoms with E-state index in [1.165, 1.54) is 38.2 Å². The highest BCUT2D eigenvalue weighted by atomic mass is 32.2. The fraction of sp³-hybridized carbons (Fsp3) is 0.500. The Hall–Kier alpha value is -1.73. The molecule has 1 aromatic carbocycles. The lowest BCUT2D eigenvalue weighted by molar-refractivity contribution is -0.121. The van der Waals surface area contributed by atoms with Gasteiger partial charge in [0.05, 0.1) is 11.4 Å². The van der Waals surface area contributed by atoms with Gasteiger partial charge in [-0.2, -0.15) is 4.31 Å². The molecule has 0 aliphatic heterocycles. The Labute approximate surface area is 137 Å². The number of hydrogen-bond donors (Lipinski definition) is 1. The molecule has 0 saturated heterocycles. The maximum absolute atomic E-state index is 12.4. The average molecular weight is 340 g/mol. The van der Waals surface area contributed by atoms with Crippen LogP contribution in [0.15, 0.2) is 29.2 Å². The van der Waals surface area contributed by atoms with Gasteiger partial charge in [-0.15, -0.1) is 0 Å². The van der Waals surface area contributed by atoms with Crippen LogP contribution in [0.2, 0.25) is 0 Å². The van der Waals surface area contributed by atoms with E-state index >= 15 is 0 Å². The maximum Gasteiger partial charge on any atom is 0.243 e. The molecule has 0 saturated carbocycles. The Balaban J connectivity index is 2.71. The molecule has 1 rings (SSSR count). The molecule has 7 heteroatoms. The molecule has 128 valence electrons. The van der Waals surface area contributed by atoms with Crippen molar-refractivity contribution in [3.63, 3.8) is 0 Å². The summed E-state index contributed by atoms with van der Waals surface area (Å²) in [6.07, 6.45) is 0.842. The SMILES string of the molecule is CC(=O)c1ccc(S(=O)(=O)N(C)CC(=O)NCCC(C)C)cc1. The standard InChI is InChI=1S/C16H24N2O4S/c1-12(2)9-10-17-16(20)11-18(4)23(21,22)15-7-5-14(6-8-15)13(3)19/h5-8,12H,9-11H2,1-4H3,(H,17,20). The Morgan fingerprint density at radius 2 is 1.74 bits per heavy atom. The zero-order valence-corrected chi connectivity index (χ0v) is 14.8. The summed E-state index contributed by atoms with van der Waals surface area (Å²) in [4.78, 5) is 23.1. The molecule has 0 aromatic heterocycles. The number of ketones is 1. The summed E-state index contributed by atoms with van der Waals surface area (Å²) < 4.78 is 25.8. The van der Waals surface area contributed by atoms with Crippen LogP contribution in [0.3, 0.4) is 0 Å². The molecule has 0 aliphatic rings. The summed E-state index contributed by atoms with van der Waals surface area (Å²) >= 11 is 0. The third-order valence-corrected chi connectivity index (χ3v) is 5.20. The van der Waals surface area contributed by atoms with E-state index in [-0.39, 0.29) is 23.1 Å². The van der Waals surface area contributed by atoms with Gasteiger partial charge in [0, 0.05) is 19.2 Å². The van der Waals surface area contributed by atoms with Crippen LogP contribution in [-0.2, 0) is 14.8 Å². The second-order valence-electron chi connectivity index (χ2n) is 5.87. The first kappa shape index (κ1) is 19.3. The van der Waals surface area contributed by atoms with Crippen molar-refractivity contribution in [2.24, 2.45) is 5.92 Å². The highest BCUT2D eigenvalue weighted by molar-refractivity contribution is 7.89. The number of nitrogens with one attached hydrogen (secondary N) is 1. The van der Waals surface area contributed by atoms with Crippen LogP contribution >= 0.6 is 0 Å². The second kappa shape index (κ2) is 8.21. The highest BCUT2D eigenvalue weighted by Gasteiger charge is 2.22. The number of nitrogens with zero attached hydrogens (tertiary/aromatic N) is 1. The molecule has 1 amide bonds. The summed E-state index contributed by atoms with van der Waals surface area (Å²) in [6.45, 7) is 5.80. The number of rotatable bonds is 8. The van der Waals surface area contributed by atoms with Crippen LogP contribution in [-0.4, -0.2) is 44.6 Å². The minimum atomic E-state index is -3.76. The Bertz CT molecular complexity index is 651. The van der Waals surface area contributed by atoms with Gasteiger partial charge in [0.15, 0.2) is 5.78 Å². The Kier molecular flexibility index (Phi) is 6.90. The molecule has 6 nitrogen and oxygen atoms in total. The predicted molar refractivity (Wildman–Crippen MR) is 88.7 cm³/mol. The predicted octanol–water partition coefficient (Wildman–Crippen LogP) is 1.67. The molecule has 0 fully saturated rings. The van der Waals surface area contributed by atoms with Gasteiger partial charge in [0.1, 0.15) is 0 Å². The number of hydrogen-bond acceptors (Lipinski definition) is 4. The topological polar surface area (TPSA) is 83.6 Å². The van der Waals surface area contributed by atoms with E-state index in [0.29, 0.717) is 18.0 Å². The molecular weight excluding hydrogens is 316 g/mol. The van der Waals surface area contributed by atoms with Gasteiger partial charge >= 0.3 is 0 Å². The first-order valence-corrected chi connectivity index (χ1v) is 8.92. The molecule has 0 atom stereocenters. The van der Waals surface area contributed by atoms with E-state index in [1.54, 1.807) is 0 Å². The molecule has 0 aliphatic carbocycles. The highest BCUT2D eigenvalue weighted by Crippen LogP contribution is 2.15. The lowest BCUT2D eigenvalue weighted by Gasteiger charge is -2.17. The lowest BCUT2D eigenvalue weighted by atomic mass is 10.1. The largest absolute Gasteiger partial charge is 0.355 e. The van der Waals surface area contributed by atoms with Crippen molar-refractivity contribution in [3.05, 3.63) is 29.8 Å². The summed E-state index contributed by atoms with van der Waals surface area (Å²) in [5.41, 5.74) is 0.443. The number of amides is 1.